The van der Waals surface area contributed by atoms with Crippen LogP contribution in [0.15, 0.2) is 30.3 Å². The lowest BCUT2D eigenvalue weighted by molar-refractivity contribution is 0.102. The van der Waals surface area contributed by atoms with Gasteiger partial charge in [-0.25, -0.2) is 4.39 Å². The summed E-state index contributed by atoms with van der Waals surface area (Å²) in [4.78, 5) is 12.7. The van der Waals surface area contributed by atoms with Gasteiger partial charge in [0.05, 0.1) is 17.4 Å². The van der Waals surface area contributed by atoms with Crippen LogP contribution in [0.5, 0.6) is 5.75 Å². The molecule has 1 heterocycles. The number of ether oxygens (including phenoxy) is 1. The van der Waals surface area contributed by atoms with Gasteiger partial charge in [0, 0.05) is 11.6 Å². The SMILES string of the molecule is CC(C)Oc1ccc(Cl)cc1C(=O)Nc1ccc2c(c1F)CCNC2.Cl. The average molecular weight is 399 g/mol. The van der Waals surface area contributed by atoms with Crippen LogP contribution in [0.1, 0.15) is 35.3 Å². The van der Waals surface area contributed by atoms with E-state index >= 15 is 0 Å². The van der Waals surface area contributed by atoms with Crippen molar-refractivity contribution in [1.29, 1.82) is 0 Å². The smallest absolute Gasteiger partial charge is 0.259 e. The first-order chi connectivity index (χ1) is 12.0. The fourth-order valence-corrected chi connectivity index (χ4v) is 3.03. The van der Waals surface area contributed by atoms with E-state index in [-0.39, 0.29) is 35.6 Å². The summed E-state index contributed by atoms with van der Waals surface area (Å²) in [5.74, 6) is -0.411. The molecule has 1 aliphatic heterocycles. The zero-order valence-corrected chi connectivity index (χ0v) is 16.1. The molecule has 0 saturated heterocycles. The van der Waals surface area contributed by atoms with Gasteiger partial charge in [0.1, 0.15) is 11.6 Å². The van der Waals surface area contributed by atoms with E-state index in [2.05, 4.69) is 10.6 Å². The summed E-state index contributed by atoms with van der Waals surface area (Å²) in [6.45, 7) is 5.10. The second-order valence-electron chi connectivity index (χ2n) is 6.25. The molecule has 1 amide bonds. The lowest BCUT2D eigenvalue weighted by atomic mass is 9.99. The summed E-state index contributed by atoms with van der Waals surface area (Å²) in [6, 6.07) is 8.25. The average Bonchev–Trinajstić information content (AvgIpc) is 2.58. The van der Waals surface area contributed by atoms with E-state index in [9.17, 15) is 9.18 Å². The number of carbonyl (C=O) groups excluding carboxylic acids is 1. The number of halogens is 3. The van der Waals surface area contributed by atoms with Crippen LogP contribution in [0, 0.1) is 5.82 Å². The van der Waals surface area contributed by atoms with E-state index in [0.717, 1.165) is 12.1 Å². The normalized spacial score (nSPS) is 13.0. The van der Waals surface area contributed by atoms with Gasteiger partial charge < -0.3 is 15.4 Å². The zero-order chi connectivity index (χ0) is 18.0. The monoisotopic (exact) mass is 398 g/mol. The van der Waals surface area contributed by atoms with E-state index in [4.69, 9.17) is 16.3 Å². The van der Waals surface area contributed by atoms with Crippen LogP contribution in [0.25, 0.3) is 0 Å². The Hall–Kier alpha value is -1.82. The van der Waals surface area contributed by atoms with Gasteiger partial charge in [0.2, 0.25) is 0 Å². The van der Waals surface area contributed by atoms with Crippen molar-refractivity contribution in [2.45, 2.75) is 32.9 Å². The van der Waals surface area contributed by atoms with E-state index in [1.54, 1.807) is 18.2 Å². The molecule has 0 bridgehead atoms. The lowest BCUT2D eigenvalue weighted by Crippen LogP contribution is -2.25. The van der Waals surface area contributed by atoms with Gasteiger partial charge in [-0.15, -0.1) is 12.4 Å². The van der Waals surface area contributed by atoms with Crippen molar-refractivity contribution in [2.75, 3.05) is 11.9 Å². The van der Waals surface area contributed by atoms with E-state index in [0.29, 0.717) is 29.3 Å². The maximum absolute atomic E-state index is 14.7. The molecule has 1 aliphatic rings. The van der Waals surface area contributed by atoms with Crippen LogP contribution in [-0.2, 0) is 13.0 Å². The van der Waals surface area contributed by atoms with Crippen molar-refractivity contribution in [3.8, 4) is 5.75 Å². The zero-order valence-electron chi connectivity index (χ0n) is 14.6. The van der Waals surface area contributed by atoms with Crippen LogP contribution < -0.4 is 15.4 Å². The molecule has 0 saturated carbocycles. The molecule has 0 fully saturated rings. The fraction of sp³-hybridized carbons (Fsp3) is 0.316. The minimum atomic E-state index is -0.453. The Morgan fingerprint density at radius 2 is 2.08 bits per heavy atom. The van der Waals surface area contributed by atoms with Crippen LogP contribution in [0.3, 0.4) is 0 Å². The predicted octanol–water partition coefficient (Wildman–Crippen LogP) is 4.59. The summed E-state index contributed by atoms with van der Waals surface area (Å²) in [6.07, 6.45) is 0.504. The third-order valence-corrected chi connectivity index (χ3v) is 4.24. The number of carbonyl (C=O) groups is 1. The number of nitrogens with one attached hydrogen (secondary N) is 2. The van der Waals surface area contributed by atoms with Crippen molar-refractivity contribution in [1.82, 2.24) is 5.32 Å². The first-order valence-electron chi connectivity index (χ1n) is 8.24. The summed E-state index contributed by atoms with van der Waals surface area (Å²) >= 11 is 6.01. The predicted molar refractivity (Wildman–Crippen MR) is 104 cm³/mol. The summed E-state index contributed by atoms with van der Waals surface area (Å²) < 4.78 is 20.4. The molecule has 3 rings (SSSR count). The number of benzene rings is 2. The third-order valence-electron chi connectivity index (χ3n) is 4.00. The fourth-order valence-electron chi connectivity index (χ4n) is 2.86. The van der Waals surface area contributed by atoms with Crippen molar-refractivity contribution in [3.05, 3.63) is 57.9 Å². The van der Waals surface area contributed by atoms with Crippen LogP contribution >= 0.6 is 24.0 Å². The summed E-state index contributed by atoms with van der Waals surface area (Å²) in [5, 5.41) is 6.26. The number of fused-ring (bicyclic) bond motifs is 1. The Bertz CT molecular complexity index is 812. The molecule has 7 heteroatoms. The molecule has 0 aromatic heterocycles. The molecule has 0 radical (unpaired) electrons. The number of anilines is 1. The Balaban J connectivity index is 0.00000243. The van der Waals surface area contributed by atoms with E-state index < -0.39 is 5.91 Å². The molecule has 4 nitrogen and oxygen atoms in total. The molecule has 26 heavy (non-hydrogen) atoms. The molecular formula is C19H21Cl2FN2O2. The highest BCUT2D eigenvalue weighted by Crippen LogP contribution is 2.28. The number of rotatable bonds is 4. The van der Waals surface area contributed by atoms with E-state index in [1.165, 1.54) is 6.07 Å². The van der Waals surface area contributed by atoms with Gasteiger partial charge in [0.25, 0.3) is 5.91 Å². The van der Waals surface area contributed by atoms with Crippen LogP contribution in [-0.4, -0.2) is 18.6 Å². The lowest BCUT2D eigenvalue weighted by Gasteiger charge is -2.20. The third kappa shape index (κ3) is 4.47. The maximum Gasteiger partial charge on any atom is 0.259 e. The topological polar surface area (TPSA) is 50.4 Å². The van der Waals surface area contributed by atoms with Gasteiger partial charge >= 0.3 is 0 Å². The van der Waals surface area contributed by atoms with Crippen molar-refractivity contribution < 1.29 is 13.9 Å². The summed E-state index contributed by atoms with van der Waals surface area (Å²) in [7, 11) is 0. The molecule has 0 unspecified atom stereocenters. The van der Waals surface area contributed by atoms with Crippen molar-refractivity contribution >= 4 is 35.6 Å². The van der Waals surface area contributed by atoms with Crippen molar-refractivity contribution in [2.24, 2.45) is 0 Å². The first-order valence-corrected chi connectivity index (χ1v) is 8.62. The molecule has 0 aliphatic carbocycles. The standard InChI is InChI=1S/C19H20ClFN2O2.ClH/c1-11(2)25-17-6-4-13(20)9-15(17)19(24)23-16-5-3-12-10-22-8-7-14(12)18(16)21;/h3-6,9,11,22H,7-8,10H2,1-2H3,(H,23,24);1H. The molecule has 2 aromatic carbocycles. The van der Waals surface area contributed by atoms with Crippen LogP contribution in [0.4, 0.5) is 10.1 Å². The van der Waals surface area contributed by atoms with Gasteiger partial charge in [-0.1, -0.05) is 17.7 Å². The minimum absolute atomic E-state index is 0. The Labute approximate surface area is 163 Å². The van der Waals surface area contributed by atoms with Crippen LogP contribution in [0.2, 0.25) is 5.02 Å². The second-order valence-corrected chi connectivity index (χ2v) is 6.69. The molecule has 140 valence electrons. The van der Waals surface area contributed by atoms with Gasteiger partial charge in [0.15, 0.2) is 0 Å². The molecular weight excluding hydrogens is 378 g/mol. The molecule has 0 spiro atoms. The number of amides is 1. The van der Waals surface area contributed by atoms with E-state index in [1.807, 2.05) is 19.9 Å². The highest BCUT2D eigenvalue weighted by Gasteiger charge is 2.20. The molecule has 2 aromatic rings. The first kappa shape index (κ1) is 20.5. The molecule has 2 N–H and O–H groups in total. The minimum Gasteiger partial charge on any atom is -0.490 e. The maximum atomic E-state index is 14.7. The summed E-state index contributed by atoms with van der Waals surface area (Å²) in [5.41, 5.74) is 2.02. The number of hydrogen-bond acceptors (Lipinski definition) is 3. The van der Waals surface area contributed by atoms with Crippen molar-refractivity contribution in [3.63, 3.8) is 0 Å². The molecule has 0 atom stereocenters. The van der Waals surface area contributed by atoms with Gasteiger partial charge in [-0.05, 0) is 62.2 Å². The van der Waals surface area contributed by atoms with Gasteiger partial charge in [-0.3, -0.25) is 4.79 Å². The largest absolute Gasteiger partial charge is 0.490 e. The highest BCUT2D eigenvalue weighted by atomic mass is 35.5. The quantitative estimate of drug-likeness (QED) is 0.791. The number of hydrogen-bond donors (Lipinski definition) is 2. The second kappa shape index (κ2) is 8.71. The Morgan fingerprint density at radius 3 is 2.81 bits per heavy atom. The highest BCUT2D eigenvalue weighted by molar-refractivity contribution is 6.31. The Kier molecular flexibility index (Phi) is 6.87. The van der Waals surface area contributed by atoms with Gasteiger partial charge in [-0.2, -0.15) is 0 Å². The Morgan fingerprint density at radius 1 is 1.31 bits per heavy atom.